The highest BCUT2D eigenvalue weighted by molar-refractivity contribution is 5.84. The standard InChI is InChI=1S/C26H28N2O3/c1-2-31-26(30)25-13-6-4-10-21(23-15-14-20(29)17-27-23)18-8-7-9-19(16-18)22-11-3-5-12-24(22)28-25/h3,5,7-9,11-12,14-17,21,25,28-29H,2,4,6,10,13H2,1H3. The van der Waals surface area contributed by atoms with E-state index < -0.39 is 0 Å². The first-order valence-corrected chi connectivity index (χ1v) is 10.9. The lowest BCUT2D eigenvalue weighted by atomic mass is 9.87. The summed E-state index contributed by atoms with van der Waals surface area (Å²) in [5.74, 6) is 0.0870. The van der Waals surface area contributed by atoms with Gasteiger partial charge in [0.05, 0.1) is 12.8 Å². The molecule has 5 nitrogen and oxygen atoms in total. The summed E-state index contributed by atoms with van der Waals surface area (Å²) in [4.78, 5) is 17.1. The van der Waals surface area contributed by atoms with Gasteiger partial charge in [0.2, 0.25) is 0 Å². The number of fused-ring (bicyclic) bond motifs is 4. The average Bonchev–Trinajstić information content (AvgIpc) is 2.79. The van der Waals surface area contributed by atoms with E-state index in [0.29, 0.717) is 13.0 Å². The third kappa shape index (κ3) is 4.88. The van der Waals surface area contributed by atoms with Gasteiger partial charge in [-0.25, -0.2) is 4.79 Å². The predicted molar refractivity (Wildman–Crippen MR) is 122 cm³/mol. The number of pyridine rings is 1. The minimum Gasteiger partial charge on any atom is -0.506 e. The smallest absolute Gasteiger partial charge is 0.328 e. The maximum Gasteiger partial charge on any atom is 0.328 e. The van der Waals surface area contributed by atoms with Crippen molar-refractivity contribution in [3.8, 4) is 16.9 Å². The van der Waals surface area contributed by atoms with E-state index in [1.165, 1.54) is 11.8 Å². The molecule has 1 aliphatic rings. The summed E-state index contributed by atoms with van der Waals surface area (Å²) in [7, 11) is 0. The Morgan fingerprint density at radius 1 is 1.10 bits per heavy atom. The number of carbonyl (C=O) groups is 1. The van der Waals surface area contributed by atoms with Gasteiger partial charge in [0, 0.05) is 22.9 Å². The van der Waals surface area contributed by atoms with Crippen LogP contribution < -0.4 is 5.32 Å². The quantitative estimate of drug-likeness (QED) is 0.551. The molecule has 0 spiro atoms. The molecule has 2 bridgehead atoms. The van der Waals surface area contributed by atoms with Gasteiger partial charge >= 0.3 is 5.97 Å². The number of carbonyl (C=O) groups excluding carboxylic acids is 1. The van der Waals surface area contributed by atoms with Crippen LogP contribution in [0, 0.1) is 0 Å². The average molecular weight is 417 g/mol. The zero-order valence-corrected chi connectivity index (χ0v) is 17.8. The van der Waals surface area contributed by atoms with Crippen molar-refractivity contribution in [2.45, 2.75) is 44.6 Å². The van der Waals surface area contributed by atoms with Gasteiger partial charge in [-0.05, 0) is 49.1 Å². The highest BCUT2D eigenvalue weighted by Crippen LogP contribution is 2.35. The minimum atomic E-state index is -0.381. The number of ether oxygens (including phenoxy) is 1. The molecular formula is C26H28N2O3. The Balaban J connectivity index is 1.76. The largest absolute Gasteiger partial charge is 0.506 e. The van der Waals surface area contributed by atoms with E-state index in [9.17, 15) is 9.90 Å². The lowest BCUT2D eigenvalue weighted by Gasteiger charge is -2.23. The van der Waals surface area contributed by atoms with Gasteiger partial charge in [0.25, 0.3) is 0 Å². The van der Waals surface area contributed by atoms with E-state index in [4.69, 9.17) is 4.74 Å². The molecule has 160 valence electrons. The first-order valence-electron chi connectivity index (χ1n) is 10.9. The normalized spacial score (nSPS) is 18.6. The number of aromatic nitrogens is 1. The van der Waals surface area contributed by atoms with Crippen LogP contribution in [0.5, 0.6) is 5.75 Å². The van der Waals surface area contributed by atoms with Gasteiger partial charge in [-0.2, -0.15) is 0 Å². The molecule has 31 heavy (non-hydrogen) atoms. The number of nitrogens with one attached hydrogen (secondary N) is 1. The number of hydrogen-bond acceptors (Lipinski definition) is 5. The second-order valence-electron chi connectivity index (χ2n) is 7.90. The number of benzene rings is 2. The van der Waals surface area contributed by atoms with Crippen LogP contribution in [0.1, 0.15) is 49.8 Å². The van der Waals surface area contributed by atoms with Crippen molar-refractivity contribution in [1.29, 1.82) is 0 Å². The summed E-state index contributed by atoms with van der Waals surface area (Å²) in [6.07, 6.45) is 4.98. The molecule has 0 saturated heterocycles. The predicted octanol–water partition coefficient (Wildman–Crippen LogP) is 5.50. The topological polar surface area (TPSA) is 71.5 Å². The molecule has 5 heteroatoms. The van der Waals surface area contributed by atoms with E-state index in [-0.39, 0.29) is 23.7 Å². The third-order valence-electron chi connectivity index (χ3n) is 5.79. The first-order chi connectivity index (χ1) is 15.2. The van der Waals surface area contributed by atoms with Crippen LogP contribution in [-0.4, -0.2) is 28.7 Å². The van der Waals surface area contributed by atoms with Gasteiger partial charge in [-0.1, -0.05) is 55.3 Å². The molecule has 4 rings (SSSR count). The number of esters is 1. The summed E-state index contributed by atoms with van der Waals surface area (Å²) < 4.78 is 5.33. The Labute approximate surface area is 183 Å². The Hall–Kier alpha value is -3.34. The molecule has 2 atom stereocenters. The van der Waals surface area contributed by atoms with Crippen molar-refractivity contribution in [1.82, 2.24) is 4.98 Å². The number of anilines is 1. The highest BCUT2D eigenvalue weighted by Gasteiger charge is 2.23. The second-order valence-corrected chi connectivity index (χ2v) is 7.90. The Morgan fingerprint density at radius 2 is 1.94 bits per heavy atom. The number of hydrogen-bond donors (Lipinski definition) is 2. The summed E-state index contributed by atoms with van der Waals surface area (Å²) in [6, 6.07) is 19.8. The van der Waals surface area contributed by atoms with Crippen LogP contribution >= 0.6 is 0 Å². The molecule has 0 saturated carbocycles. The van der Waals surface area contributed by atoms with Gasteiger partial charge in [0.1, 0.15) is 11.8 Å². The maximum absolute atomic E-state index is 12.6. The molecule has 2 unspecified atom stereocenters. The highest BCUT2D eigenvalue weighted by atomic mass is 16.5. The number of para-hydroxylation sites is 1. The van der Waals surface area contributed by atoms with Crippen LogP contribution in [0.4, 0.5) is 5.69 Å². The first kappa shape index (κ1) is 20.9. The van der Waals surface area contributed by atoms with Crippen LogP contribution in [-0.2, 0) is 9.53 Å². The summed E-state index contributed by atoms with van der Waals surface area (Å²) in [6.45, 7) is 2.21. The molecular weight excluding hydrogens is 388 g/mol. The fraction of sp³-hybridized carbons (Fsp3) is 0.308. The van der Waals surface area contributed by atoms with Gasteiger partial charge in [-0.3, -0.25) is 4.98 Å². The number of nitrogens with zero attached hydrogens (tertiary/aromatic N) is 1. The van der Waals surface area contributed by atoms with Gasteiger partial charge in [-0.15, -0.1) is 0 Å². The Kier molecular flexibility index (Phi) is 6.51. The Bertz CT molecular complexity index is 1030. The fourth-order valence-corrected chi connectivity index (χ4v) is 4.25. The summed E-state index contributed by atoms with van der Waals surface area (Å²) in [5, 5.41) is 13.1. The fourth-order valence-electron chi connectivity index (χ4n) is 4.25. The zero-order chi connectivity index (χ0) is 21.6. The molecule has 0 amide bonds. The van der Waals surface area contributed by atoms with Crippen molar-refractivity contribution in [3.05, 3.63) is 78.1 Å². The van der Waals surface area contributed by atoms with E-state index >= 15 is 0 Å². The third-order valence-corrected chi connectivity index (χ3v) is 5.79. The monoisotopic (exact) mass is 416 g/mol. The zero-order valence-electron chi connectivity index (χ0n) is 17.8. The molecule has 3 aromatic rings. The van der Waals surface area contributed by atoms with Crippen molar-refractivity contribution < 1.29 is 14.6 Å². The number of rotatable bonds is 3. The molecule has 1 aliphatic heterocycles. The Morgan fingerprint density at radius 3 is 2.74 bits per heavy atom. The van der Waals surface area contributed by atoms with Gasteiger partial charge < -0.3 is 15.2 Å². The molecule has 2 N–H and O–H groups in total. The summed E-state index contributed by atoms with van der Waals surface area (Å²) >= 11 is 0. The van der Waals surface area contributed by atoms with Crippen molar-refractivity contribution in [2.24, 2.45) is 0 Å². The molecule has 1 aromatic heterocycles. The molecule has 0 radical (unpaired) electrons. The lowest BCUT2D eigenvalue weighted by Crippen LogP contribution is -2.31. The maximum atomic E-state index is 12.6. The van der Waals surface area contributed by atoms with E-state index in [2.05, 4.69) is 40.6 Å². The van der Waals surface area contributed by atoms with Crippen molar-refractivity contribution in [3.63, 3.8) is 0 Å². The summed E-state index contributed by atoms with van der Waals surface area (Å²) in [5.41, 5.74) is 5.22. The van der Waals surface area contributed by atoms with Crippen molar-refractivity contribution in [2.75, 3.05) is 11.9 Å². The van der Waals surface area contributed by atoms with Crippen LogP contribution in [0.3, 0.4) is 0 Å². The van der Waals surface area contributed by atoms with E-state index in [0.717, 1.165) is 41.8 Å². The lowest BCUT2D eigenvalue weighted by molar-refractivity contribution is -0.144. The molecule has 2 aromatic carbocycles. The SMILES string of the molecule is CCOC(=O)C1CCCCC(c2ccc(O)cn2)c2cccc(c2)-c2ccccc2N1. The number of aromatic hydroxyl groups is 1. The van der Waals surface area contributed by atoms with E-state index in [1.807, 2.05) is 31.2 Å². The second kappa shape index (κ2) is 9.65. The van der Waals surface area contributed by atoms with Crippen LogP contribution in [0.15, 0.2) is 66.9 Å². The van der Waals surface area contributed by atoms with Crippen LogP contribution in [0.25, 0.3) is 11.1 Å². The molecule has 0 aliphatic carbocycles. The van der Waals surface area contributed by atoms with Gasteiger partial charge in [0.15, 0.2) is 0 Å². The minimum absolute atomic E-state index is 0.126. The van der Waals surface area contributed by atoms with Crippen LogP contribution in [0.2, 0.25) is 0 Å². The van der Waals surface area contributed by atoms with E-state index in [1.54, 1.807) is 6.07 Å². The molecule has 0 fully saturated rings. The van der Waals surface area contributed by atoms with Crippen molar-refractivity contribution >= 4 is 11.7 Å². The molecule has 2 heterocycles.